The molecule has 4 atom stereocenters. The van der Waals surface area contributed by atoms with E-state index in [2.05, 4.69) is 155 Å². The number of ether oxygens (including phenoxy) is 8. The lowest BCUT2D eigenvalue weighted by Gasteiger charge is -2.25. The third-order valence-electron chi connectivity index (χ3n) is 12.5. The Balaban J connectivity index is 0.927. The second kappa shape index (κ2) is 19.9. The molecular formula is C56H52N2O8S2. The first-order chi connectivity index (χ1) is 33.7. The van der Waals surface area contributed by atoms with E-state index in [1.165, 1.54) is 31.3 Å². The van der Waals surface area contributed by atoms with Crippen LogP contribution in [0.15, 0.2) is 146 Å². The van der Waals surface area contributed by atoms with Gasteiger partial charge < -0.3 is 47.7 Å². The molecule has 346 valence electrons. The predicted molar refractivity (Wildman–Crippen MR) is 270 cm³/mol. The van der Waals surface area contributed by atoms with Gasteiger partial charge in [0, 0.05) is 44.3 Å². The van der Waals surface area contributed by atoms with Gasteiger partial charge in [0.2, 0.25) is 0 Å². The van der Waals surface area contributed by atoms with Crippen LogP contribution in [0.1, 0.15) is 22.3 Å². The number of epoxide rings is 4. The Bertz CT molecular complexity index is 2630. The number of hydrogen-bond donors (Lipinski definition) is 0. The van der Waals surface area contributed by atoms with Gasteiger partial charge in [0.05, 0.1) is 89.0 Å². The van der Waals surface area contributed by atoms with E-state index in [9.17, 15) is 0 Å². The monoisotopic (exact) mass is 944 g/mol. The lowest BCUT2D eigenvalue weighted by Crippen LogP contribution is -2.09. The molecule has 4 fully saturated rings. The fourth-order valence-corrected chi connectivity index (χ4v) is 11.2. The SMILES string of the molecule is c1ccc2c(N(c3ccc(COCC4CO4)cc3)c3ccc(COCC4CO4)cc3)sc(-c3sc(N(c4ccc(COCC5CO5)cc4)c4ccc(COCC5CO5)cc4)c4ccccc34)c2c1. The highest BCUT2D eigenvalue weighted by Crippen LogP contribution is 2.55. The van der Waals surface area contributed by atoms with Crippen LogP contribution >= 0.6 is 22.7 Å². The quantitative estimate of drug-likeness (QED) is 0.0577. The van der Waals surface area contributed by atoms with Crippen LogP contribution in [0.2, 0.25) is 0 Å². The van der Waals surface area contributed by atoms with Crippen LogP contribution < -0.4 is 9.80 Å². The van der Waals surface area contributed by atoms with Crippen molar-refractivity contribution in [3.8, 4) is 9.75 Å². The van der Waals surface area contributed by atoms with Crippen LogP contribution in [0.4, 0.5) is 32.8 Å². The van der Waals surface area contributed by atoms with Crippen LogP contribution in [0, 0.1) is 0 Å². The van der Waals surface area contributed by atoms with E-state index < -0.39 is 0 Å². The third kappa shape index (κ3) is 10.3. The van der Waals surface area contributed by atoms with E-state index in [0.717, 1.165) is 81.4 Å². The highest BCUT2D eigenvalue weighted by Gasteiger charge is 2.28. The lowest BCUT2D eigenvalue weighted by molar-refractivity contribution is 0.104. The van der Waals surface area contributed by atoms with E-state index in [0.29, 0.717) is 52.9 Å². The predicted octanol–water partition coefficient (Wildman–Crippen LogP) is 12.4. The second-order valence-electron chi connectivity index (χ2n) is 17.8. The lowest BCUT2D eigenvalue weighted by atomic mass is 10.1. The summed E-state index contributed by atoms with van der Waals surface area (Å²) in [6, 6.07) is 52.8. The number of hydrogen-bond acceptors (Lipinski definition) is 12. The maximum absolute atomic E-state index is 5.98. The largest absolute Gasteiger partial charge is 0.374 e. The molecule has 0 radical (unpaired) electrons. The van der Waals surface area contributed by atoms with Gasteiger partial charge in [-0.25, -0.2) is 0 Å². The number of fused-ring (bicyclic) bond motifs is 2. The maximum atomic E-state index is 5.98. The van der Waals surface area contributed by atoms with Crippen molar-refractivity contribution in [1.82, 2.24) is 0 Å². The van der Waals surface area contributed by atoms with Gasteiger partial charge in [0.1, 0.15) is 34.4 Å². The Labute approximate surface area is 404 Å². The van der Waals surface area contributed by atoms with E-state index >= 15 is 0 Å². The van der Waals surface area contributed by atoms with Crippen molar-refractivity contribution in [3.05, 3.63) is 168 Å². The summed E-state index contributed by atoms with van der Waals surface area (Å²) in [7, 11) is 0. The van der Waals surface area contributed by atoms with Gasteiger partial charge in [-0.3, -0.25) is 0 Å². The van der Waals surface area contributed by atoms with Crippen LogP contribution in [0.5, 0.6) is 0 Å². The van der Waals surface area contributed by atoms with E-state index in [4.69, 9.17) is 37.9 Å². The minimum absolute atomic E-state index is 0.232. The van der Waals surface area contributed by atoms with Crippen molar-refractivity contribution in [2.24, 2.45) is 0 Å². The Morgan fingerprint density at radius 3 is 0.853 bits per heavy atom. The smallest absolute Gasteiger partial charge is 0.109 e. The summed E-state index contributed by atoms with van der Waals surface area (Å²) in [6.07, 6.45) is 0.927. The summed E-state index contributed by atoms with van der Waals surface area (Å²) in [6.45, 7) is 7.80. The fraction of sp³-hybridized carbons (Fsp3) is 0.286. The van der Waals surface area contributed by atoms with Crippen molar-refractivity contribution >= 4 is 77.0 Å². The van der Waals surface area contributed by atoms with Gasteiger partial charge in [-0.1, -0.05) is 97.1 Å². The first-order valence-corrected chi connectivity index (χ1v) is 25.1. The van der Waals surface area contributed by atoms with Gasteiger partial charge in [0.25, 0.3) is 0 Å². The Morgan fingerprint density at radius 2 is 0.603 bits per heavy atom. The highest BCUT2D eigenvalue weighted by atomic mass is 32.1. The molecule has 0 bridgehead atoms. The number of rotatable bonds is 23. The fourth-order valence-electron chi connectivity index (χ4n) is 8.44. The molecule has 4 aliphatic rings. The van der Waals surface area contributed by atoms with Crippen LogP contribution in [-0.4, -0.2) is 77.3 Å². The number of nitrogens with zero attached hydrogens (tertiary/aromatic N) is 2. The van der Waals surface area contributed by atoms with Crippen molar-refractivity contribution in [2.75, 3.05) is 62.7 Å². The molecule has 68 heavy (non-hydrogen) atoms. The molecule has 6 aromatic carbocycles. The molecule has 12 rings (SSSR count). The van der Waals surface area contributed by atoms with Gasteiger partial charge >= 0.3 is 0 Å². The van der Waals surface area contributed by atoms with Gasteiger partial charge in [-0.15, -0.1) is 22.7 Å². The first-order valence-electron chi connectivity index (χ1n) is 23.4. The Hall–Kier alpha value is -5.48. The van der Waals surface area contributed by atoms with Crippen LogP contribution in [0.25, 0.3) is 31.3 Å². The molecule has 4 aliphatic heterocycles. The second-order valence-corrected chi connectivity index (χ2v) is 19.8. The average Bonchev–Trinajstić information content (AvgIpc) is 4.14. The normalized spacial score (nSPS) is 19.1. The minimum Gasteiger partial charge on any atom is -0.374 e. The average molecular weight is 945 g/mol. The molecule has 0 amide bonds. The summed E-state index contributed by atoms with van der Waals surface area (Å²) < 4.78 is 45.4. The van der Waals surface area contributed by atoms with Gasteiger partial charge in [-0.2, -0.15) is 0 Å². The van der Waals surface area contributed by atoms with Gasteiger partial charge in [-0.05, 0) is 70.8 Å². The maximum Gasteiger partial charge on any atom is 0.109 e. The summed E-state index contributed by atoms with van der Waals surface area (Å²) in [5.41, 5.74) is 8.77. The number of benzene rings is 6. The minimum atomic E-state index is 0.232. The molecule has 0 N–H and O–H groups in total. The van der Waals surface area contributed by atoms with E-state index in [-0.39, 0.29) is 24.4 Å². The topological polar surface area (TPSA) is 93.5 Å². The molecule has 0 spiro atoms. The summed E-state index contributed by atoms with van der Waals surface area (Å²) in [5, 5.41) is 7.10. The summed E-state index contributed by atoms with van der Waals surface area (Å²) in [5.74, 6) is 0. The van der Waals surface area contributed by atoms with Crippen molar-refractivity contribution in [1.29, 1.82) is 0 Å². The number of anilines is 6. The molecule has 6 heterocycles. The molecule has 8 aromatic rings. The Kier molecular flexibility index (Phi) is 12.8. The summed E-state index contributed by atoms with van der Waals surface area (Å²) in [4.78, 5) is 7.26. The molecule has 4 unspecified atom stereocenters. The van der Waals surface area contributed by atoms with Crippen molar-refractivity contribution in [2.45, 2.75) is 50.8 Å². The zero-order valence-corrected chi connectivity index (χ0v) is 39.3. The zero-order valence-electron chi connectivity index (χ0n) is 37.6. The Morgan fingerprint density at radius 1 is 0.353 bits per heavy atom. The molecular weight excluding hydrogens is 893 g/mol. The molecule has 2 aromatic heterocycles. The van der Waals surface area contributed by atoms with Gasteiger partial charge in [0.15, 0.2) is 0 Å². The standard InChI is InChI=1S/C56H52N2O8S2/c1-3-7-51-49(5-1)53(67-55(51)57(41-17-9-37(10-18-41)25-59-29-45-33-63-45)42-19-11-38(12-20-42)26-60-30-46-34-64-46)54-50-6-2-4-8-52(50)56(68-54)58(43-21-13-39(14-22-43)27-61-31-47-35-65-47)44-23-15-40(16-24-44)28-62-32-48-36-66-48/h1-24,45-48H,25-36H2. The van der Waals surface area contributed by atoms with Crippen molar-refractivity contribution in [3.63, 3.8) is 0 Å². The number of thiophene rings is 2. The van der Waals surface area contributed by atoms with E-state index in [1.807, 2.05) is 22.7 Å². The van der Waals surface area contributed by atoms with E-state index in [1.54, 1.807) is 0 Å². The molecule has 0 aliphatic carbocycles. The third-order valence-corrected chi connectivity index (χ3v) is 15.1. The van der Waals surface area contributed by atoms with Crippen LogP contribution in [-0.2, 0) is 64.3 Å². The zero-order chi connectivity index (χ0) is 45.2. The molecule has 0 saturated carbocycles. The molecule has 12 heteroatoms. The first kappa shape index (κ1) is 43.8. The van der Waals surface area contributed by atoms with Crippen molar-refractivity contribution < 1.29 is 37.9 Å². The molecule has 4 saturated heterocycles. The molecule has 10 nitrogen and oxygen atoms in total. The van der Waals surface area contributed by atoms with Crippen LogP contribution in [0.3, 0.4) is 0 Å². The summed E-state index contributed by atoms with van der Waals surface area (Å²) >= 11 is 3.68. The highest BCUT2D eigenvalue weighted by molar-refractivity contribution is 7.28.